The highest BCUT2D eigenvalue weighted by atomic mass is 19.4. The summed E-state index contributed by atoms with van der Waals surface area (Å²) >= 11 is 0. The van der Waals surface area contributed by atoms with Crippen molar-refractivity contribution in [2.75, 3.05) is 13.6 Å². The molecule has 1 aromatic rings. The second kappa shape index (κ2) is 5.30. The number of rotatable bonds is 4. The molecule has 0 bridgehead atoms. The van der Waals surface area contributed by atoms with Crippen molar-refractivity contribution in [1.29, 1.82) is 0 Å². The third-order valence-corrected chi connectivity index (χ3v) is 2.12. The normalized spacial score (nSPS) is 12.1. The Morgan fingerprint density at radius 3 is 2.50 bits per heavy atom. The molecule has 0 heterocycles. The zero-order chi connectivity index (χ0) is 12.2. The molecule has 0 N–H and O–H groups in total. The minimum absolute atomic E-state index is 0.0833. The highest BCUT2D eigenvalue weighted by Crippen LogP contribution is 2.19. The summed E-state index contributed by atoms with van der Waals surface area (Å²) in [5.41, 5.74) is 0.671. The first-order valence-electron chi connectivity index (χ1n) is 4.86. The van der Waals surface area contributed by atoms with Gasteiger partial charge in [-0.3, -0.25) is 0 Å². The van der Waals surface area contributed by atoms with Gasteiger partial charge in [-0.25, -0.2) is 4.39 Å². The number of benzene rings is 1. The molecule has 5 heteroatoms. The van der Waals surface area contributed by atoms with E-state index in [2.05, 4.69) is 0 Å². The van der Waals surface area contributed by atoms with Gasteiger partial charge in [0.2, 0.25) is 0 Å². The Bertz CT molecular complexity index is 335. The Hall–Kier alpha value is -1.10. The maximum atomic E-state index is 12.8. The molecule has 0 atom stereocenters. The lowest BCUT2D eigenvalue weighted by Crippen LogP contribution is -2.24. The number of hydrogen-bond donors (Lipinski definition) is 0. The van der Waals surface area contributed by atoms with E-state index in [9.17, 15) is 17.6 Å². The van der Waals surface area contributed by atoms with Crippen molar-refractivity contribution >= 4 is 0 Å². The molecule has 90 valence electrons. The molecule has 0 aliphatic heterocycles. The van der Waals surface area contributed by atoms with Crippen LogP contribution in [0.4, 0.5) is 17.6 Å². The molecular formula is C11H13F4N. The van der Waals surface area contributed by atoms with E-state index in [1.807, 2.05) is 0 Å². The van der Waals surface area contributed by atoms with E-state index in [-0.39, 0.29) is 12.4 Å². The van der Waals surface area contributed by atoms with Gasteiger partial charge in [0.25, 0.3) is 0 Å². The minimum Gasteiger partial charge on any atom is -0.302 e. The highest BCUT2D eigenvalue weighted by Gasteiger charge is 2.26. The lowest BCUT2D eigenvalue weighted by Gasteiger charge is -2.17. The zero-order valence-electron chi connectivity index (χ0n) is 8.89. The summed E-state index contributed by atoms with van der Waals surface area (Å²) < 4.78 is 48.6. The topological polar surface area (TPSA) is 3.24 Å². The van der Waals surface area contributed by atoms with Crippen LogP contribution in [-0.2, 0) is 6.54 Å². The van der Waals surface area contributed by atoms with Crippen molar-refractivity contribution in [3.8, 4) is 0 Å². The zero-order valence-corrected chi connectivity index (χ0v) is 8.89. The Morgan fingerprint density at radius 2 is 1.94 bits per heavy atom. The van der Waals surface area contributed by atoms with Gasteiger partial charge in [0.1, 0.15) is 5.82 Å². The Balaban J connectivity index is 2.43. The first-order chi connectivity index (χ1) is 7.37. The third kappa shape index (κ3) is 5.11. The lowest BCUT2D eigenvalue weighted by atomic mass is 10.2. The van der Waals surface area contributed by atoms with Crippen LogP contribution in [0.25, 0.3) is 0 Å². The van der Waals surface area contributed by atoms with Gasteiger partial charge in [-0.1, -0.05) is 12.1 Å². The van der Waals surface area contributed by atoms with Crippen LogP contribution < -0.4 is 0 Å². The van der Waals surface area contributed by atoms with Gasteiger partial charge in [-0.05, 0) is 24.7 Å². The fourth-order valence-corrected chi connectivity index (χ4v) is 1.34. The molecule has 0 aromatic heterocycles. The molecular weight excluding hydrogens is 222 g/mol. The summed E-state index contributed by atoms with van der Waals surface area (Å²) in [5, 5.41) is 0. The van der Waals surface area contributed by atoms with Gasteiger partial charge in [0.15, 0.2) is 0 Å². The number of nitrogens with zero attached hydrogens (tertiary/aromatic N) is 1. The highest BCUT2D eigenvalue weighted by molar-refractivity contribution is 5.15. The Kier molecular flexibility index (Phi) is 4.29. The van der Waals surface area contributed by atoms with Crippen LogP contribution in [0, 0.1) is 5.82 Å². The largest absolute Gasteiger partial charge is 0.390 e. The van der Waals surface area contributed by atoms with Crippen molar-refractivity contribution in [3.05, 3.63) is 35.6 Å². The van der Waals surface area contributed by atoms with E-state index in [1.165, 1.54) is 17.0 Å². The molecule has 16 heavy (non-hydrogen) atoms. The summed E-state index contributed by atoms with van der Waals surface area (Å²) in [4.78, 5) is 1.52. The van der Waals surface area contributed by atoms with E-state index in [0.717, 1.165) is 0 Å². The molecule has 0 spiro atoms. The molecule has 1 aromatic carbocycles. The predicted molar refractivity (Wildman–Crippen MR) is 53.4 cm³/mol. The quantitative estimate of drug-likeness (QED) is 0.724. The molecule has 1 rings (SSSR count). The molecule has 0 fully saturated rings. The molecule has 0 aliphatic carbocycles. The Labute approximate surface area is 91.7 Å². The molecule has 0 aliphatic rings. The fraction of sp³-hybridized carbons (Fsp3) is 0.455. The van der Waals surface area contributed by atoms with E-state index < -0.39 is 12.6 Å². The van der Waals surface area contributed by atoms with Crippen molar-refractivity contribution in [3.63, 3.8) is 0 Å². The smallest absolute Gasteiger partial charge is 0.302 e. The molecule has 0 saturated carbocycles. The standard InChI is InChI=1S/C11H13F4N/c1-16(6-5-11(13,14)15)8-9-3-2-4-10(12)7-9/h2-4,7H,5-6,8H2,1H3. The van der Waals surface area contributed by atoms with Crippen LogP contribution in [0.15, 0.2) is 24.3 Å². The molecule has 0 unspecified atom stereocenters. The van der Waals surface area contributed by atoms with Crippen molar-refractivity contribution in [1.82, 2.24) is 4.90 Å². The van der Waals surface area contributed by atoms with Crippen LogP contribution >= 0.6 is 0 Å². The summed E-state index contributed by atoms with van der Waals surface area (Å²) in [7, 11) is 1.58. The predicted octanol–water partition coefficient (Wildman–Crippen LogP) is 3.21. The first kappa shape index (κ1) is 13.0. The second-order valence-corrected chi connectivity index (χ2v) is 3.73. The van der Waals surface area contributed by atoms with Gasteiger partial charge in [0, 0.05) is 13.1 Å². The Morgan fingerprint density at radius 1 is 1.25 bits per heavy atom. The van der Waals surface area contributed by atoms with Crippen molar-refractivity contribution in [2.45, 2.75) is 19.1 Å². The van der Waals surface area contributed by atoms with E-state index in [4.69, 9.17) is 0 Å². The number of hydrogen-bond acceptors (Lipinski definition) is 1. The molecule has 0 saturated heterocycles. The molecule has 0 radical (unpaired) electrons. The van der Waals surface area contributed by atoms with Gasteiger partial charge in [0.05, 0.1) is 6.42 Å². The summed E-state index contributed by atoms with van der Waals surface area (Å²) in [6.45, 7) is 0.230. The van der Waals surface area contributed by atoms with E-state index >= 15 is 0 Å². The lowest BCUT2D eigenvalue weighted by molar-refractivity contribution is -0.137. The van der Waals surface area contributed by atoms with Crippen LogP contribution in [-0.4, -0.2) is 24.7 Å². The van der Waals surface area contributed by atoms with Crippen molar-refractivity contribution in [2.24, 2.45) is 0 Å². The SMILES string of the molecule is CN(CCC(F)(F)F)Cc1cccc(F)c1. The fourth-order valence-electron chi connectivity index (χ4n) is 1.34. The maximum Gasteiger partial charge on any atom is 0.390 e. The minimum atomic E-state index is -4.14. The van der Waals surface area contributed by atoms with Gasteiger partial charge >= 0.3 is 6.18 Å². The van der Waals surface area contributed by atoms with Crippen molar-refractivity contribution < 1.29 is 17.6 Å². The van der Waals surface area contributed by atoms with Crippen LogP contribution in [0.3, 0.4) is 0 Å². The molecule has 0 amide bonds. The second-order valence-electron chi connectivity index (χ2n) is 3.73. The van der Waals surface area contributed by atoms with Crippen LogP contribution in [0.1, 0.15) is 12.0 Å². The first-order valence-corrected chi connectivity index (χ1v) is 4.86. The summed E-state index contributed by atoms with van der Waals surface area (Å²) in [6, 6.07) is 5.86. The van der Waals surface area contributed by atoms with Crippen LogP contribution in [0.5, 0.6) is 0 Å². The number of halogens is 4. The monoisotopic (exact) mass is 235 g/mol. The average Bonchev–Trinajstić information content (AvgIpc) is 2.14. The average molecular weight is 235 g/mol. The van der Waals surface area contributed by atoms with Crippen LogP contribution in [0.2, 0.25) is 0 Å². The molecule has 1 nitrogen and oxygen atoms in total. The number of alkyl halides is 3. The maximum absolute atomic E-state index is 12.8. The van der Waals surface area contributed by atoms with E-state index in [0.29, 0.717) is 12.1 Å². The van der Waals surface area contributed by atoms with Gasteiger partial charge in [-0.15, -0.1) is 0 Å². The van der Waals surface area contributed by atoms with E-state index in [1.54, 1.807) is 19.2 Å². The summed E-state index contributed by atoms with van der Waals surface area (Å²) in [5.74, 6) is -0.373. The summed E-state index contributed by atoms with van der Waals surface area (Å²) in [6.07, 6.45) is -4.99. The van der Waals surface area contributed by atoms with Gasteiger partial charge < -0.3 is 4.90 Å². The van der Waals surface area contributed by atoms with Gasteiger partial charge in [-0.2, -0.15) is 13.2 Å². The third-order valence-electron chi connectivity index (χ3n) is 2.12.